The normalized spacial score (nSPS) is 31.9. The highest BCUT2D eigenvalue weighted by Gasteiger charge is 2.71. The molecule has 0 radical (unpaired) electrons. The van der Waals surface area contributed by atoms with E-state index in [0.29, 0.717) is 6.42 Å². The van der Waals surface area contributed by atoms with Crippen LogP contribution in [0, 0.1) is 45.3 Å². The SMILES string of the molecule is CC(C)(C)[C@H](NC(=O)C1(C(F)(F)F)CC1)C(=O)N1C[C@H]2[C@@H]([C@H]1C(=O)N[C@H](C#N)C[C@@H]1CC3(CC3)NC1=O)C2(C)C. The van der Waals surface area contributed by atoms with Gasteiger partial charge in [0.2, 0.25) is 23.6 Å². The fourth-order valence-electron chi connectivity index (χ4n) is 7.00. The average Bonchev–Trinajstić information content (AvgIpc) is 3.77. The Morgan fingerprint density at radius 2 is 1.75 bits per heavy atom. The van der Waals surface area contributed by atoms with Gasteiger partial charge in [-0.05, 0) is 61.2 Å². The van der Waals surface area contributed by atoms with E-state index in [2.05, 4.69) is 22.0 Å². The van der Waals surface area contributed by atoms with Crippen LogP contribution in [0.3, 0.4) is 0 Å². The van der Waals surface area contributed by atoms with Crippen LogP contribution in [0.1, 0.15) is 73.1 Å². The molecular formula is C28H38F3N5O4. The Morgan fingerprint density at radius 3 is 2.23 bits per heavy atom. The minimum atomic E-state index is -4.72. The van der Waals surface area contributed by atoms with Gasteiger partial charge in [0.05, 0.1) is 6.07 Å². The summed E-state index contributed by atoms with van der Waals surface area (Å²) in [6.45, 7) is 9.18. The lowest BCUT2D eigenvalue weighted by Crippen LogP contribution is -2.61. The lowest BCUT2D eigenvalue weighted by Gasteiger charge is -2.38. The lowest BCUT2D eigenvalue weighted by molar-refractivity contribution is -0.193. The second-order valence-corrected chi connectivity index (χ2v) is 14.3. The number of carbonyl (C=O) groups excluding carboxylic acids is 4. The predicted octanol–water partition coefficient (Wildman–Crippen LogP) is 2.41. The van der Waals surface area contributed by atoms with Crippen molar-refractivity contribution in [2.75, 3.05) is 6.54 Å². The van der Waals surface area contributed by atoms with E-state index in [0.717, 1.165) is 12.8 Å². The molecule has 0 aromatic rings. The van der Waals surface area contributed by atoms with E-state index in [1.165, 1.54) is 4.90 Å². The third kappa shape index (κ3) is 4.63. The number of piperidine rings is 1. The number of hydrogen-bond donors (Lipinski definition) is 3. The minimum absolute atomic E-state index is 0.00402. The van der Waals surface area contributed by atoms with Crippen molar-refractivity contribution in [1.82, 2.24) is 20.9 Å². The highest BCUT2D eigenvalue weighted by molar-refractivity contribution is 5.96. The smallest absolute Gasteiger partial charge is 0.350 e. The van der Waals surface area contributed by atoms with Crippen LogP contribution < -0.4 is 16.0 Å². The Hall–Kier alpha value is -2.84. The molecule has 3 N–H and O–H groups in total. The molecule has 5 aliphatic rings. The first-order valence-electron chi connectivity index (χ1n) is 14.1. The molecule has 2 aliphatic heterocycles. The number of hydrogen-bond acceptors (Lipinski definition) is 5. The summed E-state index contributed by atoms with van der Waals surface area (Å²) in [5.74, 6) is -3.05. The van der Waals surface area contributed by atoms with Gasteiger partial charge in [-0.3, -0.25) is 19.2 Å². The topological polar surface area (TPSA) is 131 Å². The molecule has 1 spiro atoms. The van der Waals surface area contributed by atoms with Gasteiger partial charge in [-0.1, -0.05) is 34.6 Å². The maximum Gasteiger partial charge on any atom is 0.403 e. The Balaban J connectivity index is 1.32. The number of amides is 4. The van der Waals surface area contributed by atoms with Crippen molar-refractivity contribution >= 4 is 23.6 Å². The first-order chi connectivity index (χ1) is 18.4. The number of rotatable bonds is 7. The molecule has 9 nitrogen and oxygen atoms in total. The van der Waals surface area contributed by atoms with E-state index in [1.807, 2.05) is 13.8 Å². The predicted molar refractivity (Wildman–Crippen MR) is 136 cm³/mol. The van der Waals surface area contributed by atoms with Gasteiger partial charge in [0.1, 0.15) is 23.5 Å². The fraction of sp³-hybridized carbons (Fsp3) is 0.821. The third-order valence-corrected chi connectivity index (χ3v) is 10.1. The Bertz CT molecular complexity index is 1180. The fourth-order valence-corrected chi connectivity index (χ4v) is 7.00. The lowest BCUT2D eigenvalue weighted by atomic mass is 9.84. The number of nitriles is 1. The first-order valence-corrected chi connectivity index (χ1v) is 14.1. The molecule has 40 heavy (non-hydrogen) atoms. The van der Waals surface area contributed by atoms with Gasteiger partial charge in [-0.15, -0.1) is 0 Å². The van der Waals surface area contributed by atoms with Crippen LogP contribution in [0.25, 0.3) is 0 Å². The molecule has 4 amide bonds. The van der Waals surface area contributed by atoms with Gasteiger partial charge >= 0.3 is 6.18 Å². The summed E-state index contributed by atoms with van der Waals surface area (Å²) in [6, 6.07) is -1.07. The van der Waals surface area contributed by atoms with Crippen molar-refractivity contribution in [2.24, 2.45) is 34.0 Å². The first kappa shape index (κ1) is 28.7. The van der Waals surface area contributed by atoms with Crippen molar-refractivity contribution in [3.8, 4) is 6.07 Å². The van der Waals surface area contributed by atoms with Gasteiger partial charge < -0.3 is 20.9 Å². The molecule has 2 saturated heterocycles. The zero-order valence-corrected chi connectivity index (χ0v) is 23.6. The van der Waals surface area contributed by atoms with E-state index in [4.69, 9.17) is 0 Å². The Morgan fingerprint density at radius 1 is 1.12 bits per heavy atom. The second kappa shape index (κ2) is 8.83. The van der Waals surface area contributed by atoms with E-state index in [1.54, 1.807) is 20.8 Å². The van der Waals surface area contributed by atoms with E-state index >= 15 is 0 Å². The largest absolute Gasteiger partial charge is 0.403 e. The van der Waals surface area contributed by atoms with E-state index in [-0.39, 0.29) is 60.4 Å². The molecule has 5 fully saturated rings. The van der Waals surface area contributed by atoms with Gasteiger partial charge in [0.15, 0.2) is 0 Å². The summed E-state index contributed by atoms with van der Waals surface area (Å²) in [7, 11) is 0. The summed E-state index contributed by atoms with van der Waals surface area (Å²) in [6.07, 6.45) is -2.76. The van der Waals surface area contributed by atoms with Crippen LogP contribution in [0.15, 0.2) is 0 Å². The monoisotopic (exact) mass is 565 g/mol. The second-order valence-electron chi connectivity index (χ2n) is 14.3. The van der Waals surface area contributed by atoms with Crippen molar-refractivity contribution in [3.05, 3.63) is 0 Å². The van der Waals surface area contributed by atoms with Gasteiger partial charge in [-0.2, -0.15) is 18.4 Å². The number of nitrogens with one attached hydrogen (secondary N) is 3. The summed E-state index contributed by atoms with van der Waals surface area (Å²) in [5.41, 5.74) is -3.81. The molecule has 6 atom stereocenters. The van der Waals surface area contributed by atoms with Gasteiger partial charge in [0.25, 0.3) is 0 Å². The highest BCUT2D eigenvalue weighted by atomic mass is 19.4. The molecule has 0 unspecified atom stereocenters. The summed E-state index contributed by atoms with van der Waals surface area (Å²) in [4.78, 5) is 54.2. The van der Waals surface area contributed by atoms with Gasteiger partial charge in [0, 0.05) is 18.0 Å². The van der Waals surface area contributed by atoms with Crippen LogP contribution in [-0.4, -0.2) is 64.9 Å². The van der Waals surface area contributed by atoms with Crippen molar-refractivity contribution < 1.29 is 32.3 Å². The maximum absolute atomic E-state index is 13.9. The molecule has 0 aromatic heterocycles. The van der Waals surface area contributed by atoms with Crippen molar-refractivity contribution in [3.63, 3.8) is 0 Å². The quantitative estimate of drug-likeness (QED) is 0.436. The van der Waals surface area contributed by atoms with Crippen LogP contribution in [0.4, 0.5) is 13.2 Å². The van der Waals surface area contributed by atoms with Gasteiger partial charge in [-0.25, -0.2) is 0 Å². The van der Waals surface area contributed by atoms with Crippen LogP contribution in [0.2, 0.25) is 0 Å². The number of halogens is 3. The van der Waals surface area contributed by atoms with Crippen molar-refractivity contribution in [2.45, 2.75) is 103 Å². The molecule has 0 aromatic carbocycles. The molecular weight excluding hydrogens is 527 g/mol. The van der Waals surface area contributed by atoms with Crippen molar-refractivity contribution in [1.29, 1.82) is 5.26 Å². The molecule has 3 saturated carbocycles. The number of fused-ring (bicyclic) bond motifs is 1. The zero-order valence-electron chi connectivity index (χ0n) is 23.6. The Kier molecular flexibility index (Phi) is 6.33. The summed E-state index contributed by atoms with van der Waals surface area (Å²) < 4.78 is 40.8. The summed E-state index contributed by atoms with van der Waals surface area (Å²) >= 11 is 0. The maximum atomic E-state index is 13.9. The minimum Gasteiger partial charge on any atom is -0.350 e. The van der Waals surface area contributed by atoms with Crippen LogP contribution in [-0.2, 0) is 19.2 Å². The molecule has 2 heterocycles. The number of carbonyl (C=O) groups is 4. The van der Waals surface area contributed by atoms with Crippen LogP contribution >= 0.6 is 0 Å². The zero-order chi connectivity index (χ0) is 29.6. The standard InChI is InChI=1S/C28H38F3N5O4/c1-24(2,3)19(34-23(40)27(8-9-27)28(29,30)31)22(39)36-13-16-17(25(16,4)5)18(36)21(38)33-15(12-32)10-14-11-26(6-7-26)35-20(14)37/h14-19H,6-11,13H2,1-5H3,(H,33,38)(H,34,40)(H,35,37)/t14-,15+,16+,17+,18+,19-/m1/s1. The Labute approximate surface area is 232 Å². The van der Waals surface area contributed by atoms with E-state index < -0.39 is 52.9 Å². The molecule has 5 rings (SSSR count). The number of likely N-dealkylation sites (tertiary alicyclic amines) is 1. The van der Waals surface area contributed by atoms with E-state index in [9.17, 15) is 37.6 Å². The molecule has 3 aliphatic carbocycles. The third-order valence-electron chi connectivity index (χ3n) is 10.1. The molecule has 12 heteroatoms. The molecule has 0 bridgehead atoms. The average molecular weight is 566 g/mol. The van der Waals surface area contributed by atoms with Crippen LogP contribution in [0.5, 0.6) is 0 Å². The molecule has 220 valence electrons. The summed E-state index contributed by atoms with van der Waals surface area (Å²) in [5, 5.41) is 17.9. The highest BCUT2D eigenvalue weighted by Crippen LogP contribution is 2.65. The number of nitrogens with zero attached hydrogens (tertiary/aromatic N) is 2. The number of alkyl halides is 3.